The number of anilines is 1. The monoisotopic (exact) mass is 292 g/mol. The summed E-state index contributed by atoms with van der Waals surface area (Å²) in [6.45, 7) is 3.61. The number of benzene rings is 1. The Morgan fingerprint density at radius 1 is 1.38 bits per heavy atom. The molecular formula is C15H20N2O4. The lowest BCUT2D eigenvalue weighted by Gasteiger charge is -2.36. The lowest BCUT2D eigenvalue weighted by atomic mass is 9.95. The van der Waals surface area contributed by atoms with E-state index in [2.05, 4.69) is 6.92 Å². The summed E-state index contributed by atoms with van der Waals surface area (Å²) in [6, 6.07) is 3.32. The first-order valence-electron chi connectivity index (χ1n) is 7.11. The summed E-state index contributed by atoms with van der Waals surface area (Å²) in [7, 11) is 1.68. The van der Waals surface area contributed by atoms with E-state index in [-0.39, 0.29) is 18.8 Å². The molecule has 21 heavy (non-hydrogen) atoms. The first-order chi connectivity index (χ1) is 10.1. The zero-order valence-electron chi connectivity index (χ0n) is 12.3. The van der Waals surface area contributed by atoms with Gasteiger partial charge in [0.05, 0.1) is 11.7 Å². The van der Waals surface area contributed by atoms with Gasteiger partial charge in [-0.15, -0.1) is 0 Å². The first kappa shape index (κ1) is 14.0. The summed E-state index contributed by atoms with van der Waals surface area (Å²) in [5, 5.41) is 0. The number of ether oxygens (including phenoxy) is 3. The van der Waals surface area contributed by atoms with Crippen LogP contribution in [0, 0.1) is 5.92 Å². The maximum absolute atomic E-state index is 12.7. The van der Waals surface area contributed by atoms with Crippen molar-refractivity contribution in [1.82, 2.24) is 4.90 Å². The number of hydrogen-bond donors (Lipinski definition) is 1. The highest BCUT2D eigenvalue weighted by atomic mass is 16.7. The van der Waals surface area contributed by atoms with Gasteiger partial charge >= 0.3 is 0 Å². The lowest BCUT2D eigenvalue weighted by molar-refractivity contribution is -0.00153. The number of likely N-dealkylation sites (tertiary alicyclic amines) is 1. The van der Waals surface area contributed by atoms with Crippen molar-refractivity contribution in [2.45, 2.75) is 19.4 Å². The molecule has 6 heteroatoms. The number of fused-ring (bicyclic) bond motifs is 1. The number of nitrogen functional groups attached to an aromatic ring is 1. The van der Waals surface area contributed by atoms with Gasteiger partial charge in [0.25, 0.3) is 5.91 Å². The quantitative estimate of drug-likeness (QED) is 0.836. The Morgan fingerprint density at radius 2 is 2.10 bits per heavy atom. The molecule has 0 radical (unpaired) electrons. The van der Waals surface area contributed by atoms with Crippen LogP contribution in [0.15, 0.2) is 12.1 Å². The highest BCUT2D eigenvalue weighted by Crippen LogP contribution is 2.36. The third-order valence-electron chi connectivity index (χ3n) is 4.25. The number of carbonyl (C=O) groups is 1. The molecule has 2 atom stereocenters. The van der Waals surface area contributed by atoms with Gasteiger partial charge in [-0.2, -0.15) is 0 Å². The third-order valence-corrected chi connectivity index (χ3v) is 4.25. The summed E-state index contributed by atoms with van der Waals surface area (Å²) in [5.74, 6) is 1.53. The van der Waals surface area contributed by atoms with E-state index in [0.717, 1.165) is 6.42 Å². The summed E-state index contributed by atoms with van der Waals surface area (Å²) in [6.07, 6.45) is 0.993. The van der Waals surface area contributed by atoms with Gasteiger partial charge in [0.2, 0.25) is 6.79 Å². The van der Waals surface area contributed by atoms with E-state index < -0.39 is 0 Å². The van der Waals surface area contributed by atoms with Crippen LogP contribution in [0.5, 0.6) is 11.5 Å². The Hall–Kier alpha value is -1.95. The number of nitrogens with zero attached hydrogens (tertiary/aromatic N) is 1. The van der Waals surface area contributed by atoms with Crippen molar-refractivity contribution in [3.63, 3.8) is 0 Å². The third kappa shape index (κ3) is 2.51. The Kier molecular flexibility index (Phi) is 3.63. The maximum Gasteiger partial charge on any atom is 0.256 e. The van der Waals surface area contributed by atoms with Crippen molar-refractivity contribution in [3.8, 4) is 11.5 Å². The number of amides is 1. The number of hydrogen-bond acceptors (Lipinski definition) is 5. The van der Waals surface area contributed by atoms with Crippen molar-refractivity contribution in [1.29, 1.82) is 0 Å². The molecule has 0 spiro atoms. The fraction of sp³-hybridized carbons (Fsp3) is 0.533. The van der Waals surface area contributed by atoms with Gasteiger partial charge in [-0.1, -0.05) is 6.92 Å². The Labute approximate surface area is 123 Å². The number of carbonyl (C=O) groups excluding carboxylic acids is 1. The summed E-state index contributed by atoms with van der Waals surface area (Å²) < 4.78 is 16.0. The fourth-order valence-electron chi connectivity index (χ4n) is 2.84. The molecule has 2 aliphatic rings. The van der Waals surface area contributed by atoms with Crippen molar-refractivity contribution < 1.29 is 19.0 Å². The molecule has 1 amide bonds. The average Bonchev–Trinajstić information content (AvgIpc) is 2.93. The molecule has 2 N–H and O–H groups in total. The van der Waals surface area contributed by atoms with E-state index >= 15 is 0 Å². The van der Waals surface area contributed by atoms with Crippen molar-refractivity contribution >= 4 is 11.6 Å². The van der Waals surface area contributed by atoms with Crippen LogP contribution < -0.4 is 15.2 Å². The van der Waals surface area contributed by atoms with Crippen LogP contribution in [-0.2, 0) is 4.74 Å². The van der Waals surface area contributed by atoms with Crippen molar-refractivity contribution in [2.24, 2.45) is 5.92 Å². The van der Waals surface area contributed by atoms with Gasteiger partial charge in [0.15, 0.2) is 11.5 Å². The average molecular weight is 292 g/mol. The number of nitrogens with two attached hydrogens (primary N) is 1. The van der Waals surface area contributed by atoms with Gasteiger partial charge < -0.3 is 24.8 Å². The highest BCUT2D eigenvalue weighted by molar-refractivity contribution is 6.00. The Balaban J connectivity index is 1.82. The predicted octanol–water partition coefficient (Wildman–Crippen LogP) is 1.49. The van der Waals surface area contributed by atoms with E-state index in [1.807, 2.05) is 0 Å². The van der Waals surface area contributed by atoms with Gasteiger partial charge in [-0.05, 0) is 18.4 Å². The van der Waals surface area contributed by atoms with Gasteiger partial charge in [0.1, 0.15) is 0 Å². The molecule has 0 aromatic heterocycles. The van der Waals surface area contributed by atoms with Crippen LogP contribution in [0.3, 0.4) is 0 Å². The van der Waals surface area contributed by atoms with Gasteiger partial charge in [-0.25, -0.2) is 0 Å². The Morgan fingerprint density at radius 3 is 2.81 bits per heavy atom. The number of methoxy groups -OCH3 is 1. The van der Waals surface area contributed by atoms with E-state index in [9.17, 15) is 4.79 Å². The second-order valence-electron chi connectivity index (χ2n) is 5.58. The molecule has 2 heterocycles. The highest BCUT2D eigenvalue weighted by Gasteiger charge is 2.31. The lowest BCUT2D eigenvalue weighted by Crippen LogP contribution is -2.46. The standard InChI is InChI=1S/C15H20N2O4/c1-9-3-4-17(7-14(9)19-2)15(18)10-5-12-13(6-11(10)16)21-8-20-12/h5-6,9,14H,3-4,7-8,16H2,1-2H3. The molecule has 1 fully saturated rings. The molecule has 0 saturated carbocycles. The van der Waals surface area contributed by atoms with Gasteiger partial charge in [-0.3, -0.25) is 4.79 Å². The number of rotatable bonds is 2. The minimum atomic E-state index is -0.0836. The normalized spacial score (nSPS) is 24.2. The fourth-order valence-corrected chi connectivity index (χ4v) is 2.84. The zero-order chi connectivity index (χ0) is 15.0. The van der Waals surface area contributed by atoms with E-state index in [0.29, 0.717) is 41.8 Å². The largest absolute Gasteiger partial charge is 0.454 e. The Bertz CT molecular complexity index is 561. The molecule has 1 aromatic rings. The molecule has 114 valence electrons. The molecule has 0 bridgehead atoms. The van der Waals surface area contributed by atoms with Crippen molar-refractivity contribution in [2.75, 3.05) is 32.7 Å². The number of piperidine rings is 1. The molecule has 6 nitrogen and oxygen atoms in total. The van der Waals surface area contributed by atoms with Crippen LogP contribution in [0.1, 0.15) is 23.7 Å². The second-order valence-corrected chi connectivity index (χ2v) is 5.58. The summed E-state index contributed by atoms with van der Waals surface area (Å²) in [5.41, 5.74) is 6.86. The van der Waals surface area contributed by atoms with E-state index in [1.165, 1.54) is 0 Å². The minimum Gasteiger partial charge on any atom is -0.454 e. The van der Waals surface area contributed by atoms with E-state index in [4.69, 9.17) is 19.9 Å². The van der Waals surface area contributed by atoms with Gasteiger partial charge in [0, 0.05) is 32.0 Å². The molecule has 2 aliphatic heterocycles. The molecule has 3 rings (SSSR count). The molecule has 0 aliphatic carbocycles. The summed E-state index contributed by atoms with van der Waals surface area (Å²) in [4.78, 5) is 14.5. The summed E-state index contributed by atoms with van der Waals surface area (Å²) >= 11 is 0. The maximum atomic E-state index is 12.7. The first-order valence-corrected chi connectivity index (χ1v) is 7.11. The van der Waals surface area contributed by atoms with Crippen LogP contribution in [-0.4, -0.2) is 43.9 Å². The van der Waals surface area contributed by atoms with Crippen LogP contribution >= 0.6 is 0 Å². The topological polar surface area (TPSA) is 74.0 Å². The predicted molar refractivity (Wildman–Crippen MR) is 77.5 cm³/mol. The molecule has 1 saturated heterocycles. The molecule has 1 aromatic carbocycles. The SMILES string of the molecule is COC1CN(C(=O)c2cc3c(cc2N)OCO3)CCC1C. The van der Waals surface area contributed by atoms with Crippen LogP contribution in [0.2, 0.25) is 0 Å². The van der Waals surface area contributed by atoms with E-state index in [1.54, 1.807) is 24.1 Å². The van der Waals surface area contributed by atoms with Crippen LogP contribution in [0.25, 0.3) is 0 Å². The van der Waals surface area contributed by atoms with Crippen LogP contribution in [0.4, 0.5) is 5.69 Å². The molecular weight excluding hydrogens is 272 g/mol. The molecule has 2 unspecified atom stereocenters. The minimum absolute atomic E-state index is 0.0675. The zero-order valence-corrected chi connectivity index (χ0v) is 12.3. The van der Waals surface area contributed by atoms with Crippen molar-refractivity contribution in [3.05, 3.63) is 17.7 Å². The smallest absolute Gasteiger partial charge is 0.256 e. The second kappa shape index (κ2) is 5.44.